The van der Waals surface area contributed by atoms with Crippen LogP contribution < -0.4 is 0 Å². The van der Waals surface area contributed by atoms with E-state index >= 15 is 0 Å². The van der Waals surface area contributed by atoms with E-state index in [0.29, 0.717) is 0 Å². The van der Waals surface area contributed by atoms with Gasteiger partial charge < -0.3 is 14.9 Å². The highest BCUT2D eigenvalue weighted by Gasteiger charge is 2.12. The SMILES string of the molecule is COC(=O)c1ncc(O)cc1O. The van der Waals surface area contributed by atoms with Crippen molar-refractivity contribution in [3.05, 3.63) is 18.0 Å². The molecule has 5 heteroatoms. The maximum Gasteiger partial charge on any atom is 0.360 e. The zero-order chi connectivity index (χ0) is 9.14. The highest BCUT2D eigenvalue weighted by molar-refractivity contribution is 5.90. The summed E-state index contributed by atoms with van der Waals surface area (Å²) in [6.45, 7) is 0. The van der Waals surface area contributed by atoms with Crippen molar-refractivity contribution in [1.82, 2.24) is 4.98 Å². The van der Waals surface area contributed by atoms with Gasteiger partial charge in [0, 0.05) is 6.07 Å². The number of hydrogen-bond donors (Lipinski definition) is 2. The van der Waals surface area contributed by atoms with Gasteiger partial charge >= 0.3 is 5.97 Å². The molecule has 0 aliphatic rings. The Morgan fingerprint density at radius 2 is 2.25 bits per heavy atom. The van der Waals surface area contributed by atoms with Crippen LogP contribution in [0.1, 0.15) is 10.5 Å². The lowest BCUT2D eigenvalue weighted by atomic mass is 10.3. The predicted molar refractivity (Wildman–Crippen MR) is 38.9 cm³/mol. The molecular formula is C7H7NO4. The van der Waals surface area contributed by atoms with Gasteiger partial charge in [-0.25, -0.2) is 9.78 Å². The van der Waals surface area contributed by atoms with Crippen LogP contribution in [0.2, 0.25) is 0 Å². The van der Waals surface area contributed by atoms with Gasteiger partial charge in [0.05, 0.1) is 13.3 Å². The number of hydrogen-bond acceptors (Lipinski definition) is 5. The molecule has 1 rings (SSSR count). The molecule has 0 fully saturated rings. The number of methoxy groups -OCH3 is 1. The van der Waals surface area contributed by atoms with E-state index in [1.165, 1.54) is 7.11 Å². The monoisotopic (exact) mass is 169 g/mol. The van der Waals surface area contributed by atoms with Crippen LogP contribution >= 0.6 is 0 Å². The standard InChI is InChI=1S/C7H7NO4/c1-12-7(11)6-5(10)2-4(9)3-8-6/h2-3,9-10H,1H3. The van der Waals surface area contributed by atoms with E-state index < -0.39 is 11.7 Å². The van der Waals surface area contributed by atoms with Crippen molar-refractivity contribution in [2.45, 2.75) is 0 Å². The van der Waals surface area contributed by atoms with E-state index in [9.17, 15) is 4.79 Å². The molecule has 0 spiro atoms. The molecule has 0 aliphatic heterocycles. The van der Waals surface area contributed by atoms with Gasteiger partial charge in [0.15, 0.2) is 11.4 Å². The average Bonchev–Trinajstić information content (AvgIpc) is 2.03. The zero-order valence-electron chi connectivity index (χ0n) is 6.31. The van der Waals surface area contributed by atoms with Crippen molar-refractivity contribution in [1.29, 1.82) is 0 Å². The maximum atomic E-state index is 10.8. The molecule has 0 radical (unpaired) electrons. The van der Waals surface area contributed by atoms with Crippen LogP contribution in [0.3, 0.4) is 0 Å². The Hall–Kier alpha value is -1.78. The molecule has 0 aliphatic carbocycles. The summed E-state index contributed by atoms with van der Waals surface area (Å²) in [5.41, 5.74) is -0.213. The summed E-state index contributed by atoms with van der Waals surface area (Å²) >= 11 is 0. The van der Waals surface area contributed by atoms with Crippen molar-refractivity contribution < 1.29 is 19.7 Å². The van der Waals surface area contributed by atoms with E-state index in [4.69, 9.17) is 10.2 Å². The number of esters is 1. The van der Waals surface area contributed by atoms with Gasteiger partial charge in [-0.15, -0.1) is 0 Å². The molecule has 2 N–H and O–H groups in total. The molecule has 0 amide bonds. The first-order valence-electron chi connectivity index (χ1n) is 3.11. The Labute approximate surface area is 68.2 Å². The maximum absolute atomic E-state index is 10.8. The number of ether oxygens (including phenoxy) is 1. The molecule has 0 unspecified atom stereocenters. The van der Waals surface area contributed by atoms with Gasteiger partial charge in [-0.05, 0) is 0 Å². The third-order valence-electron chi connectivity index (χ3n) is 1.23. The second-order valence-electron chi connectivity index (χ2n) is 2.05. The highest BCUT2D eigenvalue weighted by atomic mass is 16.5. The molecule has 0 atom stereocenters. The summed E-state index contributed by atoms with van der Waals surface area (Å²) in [5, 5.41) is 17.9. The fourth-order valence-electron chi connectivity index (χ4n) is 0.696. The summed E-state index contributed by atoms with van der Waals surface area (Å²) in [6, 6.07) is 1.01. The fraction of sp³-hybridized carbons (Fsp3) is 0.143. The minimum atomic E-state index is -0.743. The first-order valence-corrected chi connectivity index (χ1v) is 3.11. The van der Waals surface area contributed by atoms with Crippen molar-refractivity contribution in [2.75, 3.05) is 7.11 Å². The lowest BCUT2D eigenvalue weighted by Crippen LogP contribution is -2.03. The van der Waals surface area contributed by atoms with Crippen molar-refractivity contribution in [3.8, 4) is 11.5 Å². The second kappa shape index (κ2) is 3.08. The van der Waals surface area contributed by atoms with E-state index in [1.807, 2.05) is 0 Å². The van der Waals surface area contributed by atoms with Crippen LogP contribution in [0.4, 0.5) is 0 Å². The van der Waals surface area contributed by atoms with Crippen LogP contribution in [0.5, 0.6) is 11.5 Å². The number of aromatic hydroxyl groups is 2. The average molecular weight is 169 g/mol. The van der Waals surface area contributed by atoms with E-state index in [1.54, 1.807) is 0 Å². The molecule has 0 bridgehead atoms. The van der Waals surface area contributed by atoms with E-state index in [-0.39, 0.29) is 11.4 Å². The Kier molecular flexibility index (Phi) is 2.14. The molecule has 0 aromatic carbocycles. The topological polar surface area (TPSA) is 79.7 Å². The Balaban J connectivity index is 3.09. The number of carbonyl (C=O) groups is 1. The van der Waals surface area contributed by atoms with Crippen LogP contribution in [0.25, 0.3) is 0 Å². The van der Waals surface area contributed by atoms with Crippen molar-refractivity contribution >= 4 is 5.97 Å². The largest absolute Gasteiger partial charge is 0.506 e. The minimum Gasteiger partial charge on any atom is -0.506 e. The fourth-order valence-corrected chi connectivity index (χ4v) is 0.696. The summed E-state index contributed by atoms with van der Waals surface area (Å²) in [7, 11) is 1.18. The van der Waals surface area contributed by atoms with Crippen LogP contribution in [0, 0.1) is 0 Å². The van der Waals surface area contributed by atoms with Gasteiger partial charge in [-0.2, -0.15) is 0 Å². The van der Waals surface area contributed by atoms with Crippen LogP contribution in [0.15, 0.2) is 12.3 Å². The molecule has 5 nitrogen and oxygen atoms in total. The first-order chi connectivity index (χ1) is 5.65. The lowest BCUT2D eigenvalue weighted by Gasteiger charge is -2.00. The predicted octanol–water partition coefficient (Wildman–Crippen LogP) is 0.279. The van der Waals surface area contributed by atoms with Gasteiger partial charge in [0.25, 0.3) is 0 Å². The molecule has 0 saturated carbocycles. The van der Waals surface area contributed by atoms with E-state index in [0.717, 1.165) is 12.3 Å². The number of nitrogens with zero attached hydrogens (tertiary/aromatic N) is 1. The van der Waals surface area contributed by atoms with Crippen LogP contribution in [-0.2, 0) is 4.74 Å². The van der Waals surface area contributed by atoms with Gasteiger partial charge in [0.2, 0.25) is 0 Å². The Morgan fingerprint density at radius 3 is 2.75 bits per heavy atom. The number of carbonyl (C=O) groups excluding carboxylic acids is 1. The van der Waals surface area contributed by atoms with Crippen molar-refractivity contribution in [3.63, 3.8) is 0 Å². The summed E-state index contributed by atoms with van der Waals surface area (Å²) in [5.74, 6) is -1.35. The number of aromatic nitrogens is 1. The summed E-state index contributed by atoms with van der Waals surface area (Å²) in [4.78, 5) is 14.3. The first kappa shape index (κ1) is 8.32. The second-order valence-corrected chi connectivity index (χ2v) is 2.05. The molecular weight excluding hydrogens is 162 g/mol. The number of pyridine rings is 1. The third-order valence-corrected chi connectivity index (χ3v) is 1.23. The molecule has 1 heterocycles. The zero-order valence-corrected chi connectivity index (χ0v) is 6.31. The molecule has 1 aromatic heterocycles. The molecule has 12 heavy (non-hydrogen) atoms. The quantitative estimate of drug-likeness (QED) is 0.590. The highest BCUT2D eigenvalue weighted by Crippen LogP contribution is 2.19. The minimum absolute atomic E-state index is 0.208. The smallest absolute Gasteiger partial charge is 0.360 e. The summed E-state index contributed by atoms with van der Waals surface area (Å²) < 4.78 is 4.31. The normalized spacial score (nSPS) is 9.42. The van der Waals surface area contributed by atoms with Gasteiger partial charge in [-0.1, -0.05) is 0 Å². The molecule has 1 aromatic rings. The van der Waals surface area contributed by atoms with Gasteiger partial charge in [-0.3, -0.25) is 0 Å². The Morgan fingerprint density at radius 1 is 1.58 bits per heavy atom. The van der Waals surface area contributed by atoms with Crippen LogP contribution in [-0.4, -0.2) is 28.3 Å². The molecule has 0 saturated heterocycles. The third kappa shape index (κ3) is 1.45. The lowest BCUT2D eigenvalue weighted by molar-refractivity contribution is 0.0590. The van der Waals surface area contributed by atoms with Gasteiger partial charge in [0.1, 0.15) is 5.75 Å². The number of rotatable bonds is 1. The summed E-state index contributed by atoms with van der Waals surface area (Å²) in [6.07, 6.45) is 1.05. The Bertz CT molecular complexity index is 310. The van der Waals surface area contributed by atoms with E-state index in [2.05, 4.69) is 9.72 Å². The van der Waals surface area contributed by atoms with Crippen molar-refractivity contribution in [2.24, 2.45) is 0 Å². The molecule has 64 valence electrons.